The molecule has 0 aliphatic carbocycles. The second-order valence-corrected chi connectivity index (χ2v) is 6.62. The average Bonchev–Trinajstić information content (AvgIpc) is 2.61. The summed E-state index contributed by atoms with van der Waals surface area (Å²) in [6.07, 6.45) is 2.11. The van der Waals surface area contributed by atoms with Crippen LogP contribution in [0.3, 0.4) is 0 Å². The van der Waals surface area contributed by atoms with Crippen molar-refractivity contribution in [2.45, 2.75) is 0 Å². The van der Waals surface area contributed by atoms with E-state index in [-0.39, 0.29) is 18.1 Å². The van der Waals surface area contributed by atoms with Crippen LogP contribution in [-0.4, -0.2) is 24.6 Å². The molecule has 0 saturated carbocycles. The number of rotatable bonds is 7. The number of nitrogens with zero attached hydrogens (tertiary/aromatic N) is 1. The topological polar surface area (TPSA) is 87.9 Å². The molecule has 0 aliphatic heterocycles. The van der Waals surface area contributed by atoms with E-state index in [4.69, 9.17) is 14.2 Å². The third kappa shape index (κ3) is 5.85. The number of esters is 1. The number of carbonyl (C=O) groups excluding carboxylic acids is 1. The van der Waals surface area contributed by atoms with Gasteiger partial charge < -0.3 is 14.2 Å². The first kappa shape index (κ1) is 19.9. The molecule has 0 radical (unpaired) electrons. The number of carbonyl (C=O) groups is 1. The van der Waals surface area contributed by atoms with Gasteiger partial charge in [0.15, 0.2) is 18.1 Å². The predicted octanol–water partition coefficient (Wildman–Crippen LogP) is 4.45. The summed E-state index contributed by atoms with van der Waals surface area (Å²) in [5.41, 5.74) is 0.510. The van der Waals surface area contributed by atoms with Crippen LogP contribution in [0.4, 0.5) is 0 Å². The summed E-state index contributed by atoms with van der Waals surface area (Å²) in [4.78, 5) is 21.9. The molecule has 0 aliphatic rings. The largest absolute Gasteiger partial charge is 0.493 e. The molecule has 2 aromatic carbocycles. The Morgan fingerprint density at radius 2 is 1.92 bits per heavy atom. The summed E-state index contributed by atoms with van der Waals surface area (Å²) >= 11 is 6.58. The van der Waals surface area contributed by atoms with Gasteiger partial charge in [-0.05, 0) is 57.9 Å². The quantitative estimate of drug-likeness (QED) is 0.248. The lowest BCUT2D eigenvalue weighted by molar-refractivity contribution is -0.400. The summed E-state index contributed by atoms with van der Waals surface area (Å²) in [6.45, 7) is -0.291. The number of hydrogen-bond acceptors (Lipinski definition) is 6. The number of hydrogen-bond donors (Lipinski definition) is 0. The zero-order chi connectivity index (χ0) is 19.1. The summed E-state index contributed by atoms with van der Waals surface area (Å²) in [5.74, 6) is 0.312. The minimum atomic E-state index is -0.625. The molecule has 7 nitrogen and oxygen atoms in total. The Morgan fingerprint density at radius 1 is 1.23 bits per heavy atom. The number of ether oxygens (including phenoxy) is 3. The van der Waals surface area contributed by atoms with Crippen molar-refractivity contribution >= 4 is 43.9 Å². The van der Waals surface area contributed by atoms with Crippen molar-refractivity contribution in [3.8, 4) is 17.2 Å². The molecule has 0 fully saturated rings. The lowest BCUT2D eigenvalue weighted by atomic mass is 10.2. The molecular weight excluding hydrogens is 474 g/mol. The fourth-order valence-corrected chi connectivity index (χ4v) is 2.70. The van der Waals surface area contributed by atoms with Gasteiger partial charge in [-0.25, -0.2) is 4.79 Å². The van der Waals surface area contributed by atoms with E-state index in [1.165, 1.54) is 19.3 Å². The maximum atomic E-state index is 12.0. The van der Waals surface area contributed by atoms with Crippen LogP contribution in [0.15, 0.2) is 51.5 Å². The number of nitro groups is 1. The zero-order valence-corrected chi connectivity index (χ0v) is 16.7. The van der Waals surface area contributed by atoms with E-state index in [1.807, 2.05) is 0 Å². The second-order valence-electron chi connectivity index (χ2n) is 4.85. The fourth-order valence-electron chi connectivity index (χ4n) is 1.90. The van der Waals surface area contributed by atoms with E-state index in [1.54, 1.807) is 30.3 Å². The Balaban J connectivity index is 2.08. The normalized spacial score (nSPS) is 10.6. The first-order chi connectivity index (χ1) is 12.4. The van der Waals surface area contributed by atoms with Crippen molar-refractivity contribution in [3.05, 3.63) is 67.2 Å². The number of halogens is 2. The molecule has 0 spiro atoms. The summed E-state index contributed by atoms with van der Waals surface area (Å²) < 4.78 is 17.2. The summed E-state index contributed by atoms with van der Waals surface area (Å²) in [5, 5.41) is 10.4. The van der Waals surface area contributed by atoms with Gasteiger partial charge in [-0.15, -0.1) is 0 Å². The van der Waals surface area contributed by atoms with E-state index < -0.39 is 10.9 Å². The van der Waals surface area contributed by atoms with Crippen molar-refractivity contribution in [1.29, 1.82) is 0 Å². The van der Waals surface area contributed by atoms with Gasteiger partial charge >= 0.3 is 5.97 Å². The average molecular weight is 487 g/mol. The Hall–Kier alpha value is -2.39. The molecule has 0 bridgehead atoms. The summed E-state index contributed by atoms with van der Waals surface area (Å²) in [7, 11) is 1.40. The van der Waals surface area contributed by atoms with Crippen LogP contribution in [0, 0.1) is 10.1 Å². The Morgan fingerprint density at radius 3 is 2.54 bits per heavy atom. The van der Waals surface area contributed by atoms with Gasteiger partial charge in [-0.3, -0.25) is 10.1 Å². The molecule has 2 rings (SSSR count). The molecule has 0 atom stereocenters. The first-order valence-electron chi connectivity index (χ1n) is 7.17. The molecule has 9 heteroatoms. The minimum absolute atomic E-state index is 0.162. The van der Waals surface area contributed by atoms with Crippen LogP contribution in [0.1, 0.15) is 5.56 Å². The van der Waals surface area contributed by atoms with Crippen LogP contribution in [0.2, 0.25) is 0 Å². The highest BCUT2D eigenvalue weighted by Crippen LogP contribution is 2.37. The molecule has 26 heavy (non-hydrogen) atoms. The molecule has 0 amide bonds. The third-order valence-corrected chi connectivity index (χ3v) is 4.14. The van der Waals surface area contributed by atoms with Crippen molar-refractivity contribution in [2.75, 3.05) is 13.7 Å². The smallest absolute Gasteiger partial charge is 0.349 e. The molecule has 0 aromatic heterocycles. The van der Waals surface area contributed by atoms with E-state index in [0.29, 0.717) is 15.8 Å². The van der Waals surface area contributed by atoms with E-state index in [9.17, 15) is 14.9 Å². The SMILES string of the molecule is COc1cc(C=C[N+](=O)[O-])cc(Br)c1OC(=O)COc1ccc(Br)cc1. The van der Waals surface area contributed by atoms with Gasteiger partial charge in [0.05, 0.1) is 16.5 Å². The minimum Gasteiger partial charge on any atom is -0.493 e. The van der Waals surface area contributed by atoms with Gasteiger partial charge in [0, 0.05) is 10.5 Å². The highest BCUT2D eigenvalue weighted by Gasteiger charge is 2.16. The highest BCUT2D eigenvalue weighted by atomic mass is 79.9. The van der Waals surface area contributed by atoms with Gasteiger partial charge in [-0.2, -0.15) is 0 Å². The molecule has 0 saturated heterocycles. The summed E-state index contributed by atoms with van der Waals surface area (Å²) in [6, 6.07) is 10.1. The number of benzene rings is 2. The van der Waals surface area contributed by atoms with Crippen LogP contribution in [0.5, 0.6) is 17.2 Å². The molecule has 0 N–H and O–H groups in total. The van der Waals surface area contributed by atoms with E-state index in [0.717, 1.165) is 10.7 Å². The van der Waals surface area contributed by atoms with Crippen LogP contribution in [-0.2, 0) is 4.79 Å². The predicted molar refractivity (Wildman–Crippen MR) is 102 cm³/mol. The van der Waals surface area contributed by atoms with Gasteiger partial charge in [0.2, 0.25) is 6.20 Å². The van der Waals surface area contributed by atoms with Crippen LogP contribution < -0.4 is 14.2 Å². The molecule has 136 valence electrons. The Bertz CT molecular complexity index is 836. The van der Waals surface area contributed by atoms with Crippen LogP contribution in [0.25, 0.3) is 6.08 Å². The van der Waals surface area contributed by atoms with Crippen molar-refractivity contribution in [2.24, 2.45) is 0 Å². The molecule has 0 unspecified atom stereocenters. The Labute approximate surface area is 166 Å². The molecule has 2 aromatic rings. The highest BCUT2D eigenvalue weighted by molar-refractivity contribution is 9.10. The van der Waals surface area contributed by atoms with E-state index in [2.05, 4.69) is 31.9 Å². The van der Waals surface area contributed by atoms with Crippen molar-refractivity contribution in [3.63, 3.8) is 0 Å². The van der Waals surface area contributed by atoms with Gasteiger partial charge in [-0.1, -0.05) is 15.9 Å². The van der Waals surface area contributed by atoms with Gasteiger partial charge in [0.1, 0.15) is 5.75 Å². The first-order valence-corrected chi connectivity index (χ1v) is 8.76. The maximum absolute atomic E-state index is 12.0. The Kier molecular flexibility index (Phi) is 7.16. The zero-order valence-electron chi connectivity index (χ0n) is 13.5. The van der Waals surface area contributed by atoms with E-state index >= 15 is 0 Å². The lowest BCUT2D eigenvalue weighted by Crippen LogP contribution is -2.18. The van der Waals surface area contributed by atoms with Crippen LogP contribution >= 0.6 is 31.9 Å². The standard InChI is InChI=1S/C17H13Br2NO6/c1-24-15-9-11(6-7-20(22)23)8-14(19)17(15)26-16(21)10-25-13-4-2-12(18)3-5-13/h2-9H,10H2,1H3. The lowest BCUT2D eigenvalue weighted by Gasteiger charge is -2.12. The van der Waals surface area contributed by atoms with Gasteiger partial charge in [0.25, 0.3) is 0 Å². The van der Waals surface area contributed by atoms with Crippen molar-refractivity contribution < 1.29 is 23.9 Å². The second kappa shape index (κ2) is 9.35. The molecular formula is C17H13Br2NO6. The van der Waals surface area contributed by atoms with Crippen molar-refractivity contribution in [1.82, 2.24) is 0 Å². The molecule has 0 heterocycles. The fraction of sp³-hybridized carbons (Fsp3) is 0.118. The monoisotopic (exact) mass is 485 g/mol. The third-order valence-electron chi connectivity index (χ3n) is 3.03. The maximum Gasteiger partial charge on any atom is 0.349 e. The number of methoxy groups -OCH3 is 1.